The predicted molar refractivity (Wildman–Crippen MR) is 125 cm³/mol. The van der Waals surface area contributed by atoms with Gasteiger partial charge in [0, 0.05) is 46.6 Å². The van der Waals surface area contributed by atoms with Gasteiger partial charge in [0.2, 0.25) is 0 Å². The number of carbonyl (C=O) groups is 1. The summed E-state index contributed by atoms with van der Waals surface area (Å²) in [6.45, 7) is 9.31. The Kier molecular flexibility index (Phi) is 6.18. The van der Waals surface area contributed by atoms with Gasteiger partial charge >= 0.3 is 6.03 Å². The zero-order valence-electron chi connectivity index (χ0n) is 17.5. The number of anilines is 1. The number of halogens is 1. The first-order valence-electron chi connectivity index (χ1n) is 10.3. The van der Waals surface area contributed by atoms with E-state index in [0.29, 0.717) is 5.02 Å². The number of carbonyl (C=O) groups excluding carboxylic acids is 1. The molecule has 0 unspecified atom stereocenters. The van der Waals surface area contributed by atoms with Gasteiger partial charge in [-0.05, 0) is 62.2 Å². The minimum absolute atomic E-state index is 0.116. The summed E-state index contributed by atoms with van der Waals surface area (Å²) in [4.78, 5) is 16.6. The number of fused-ring (bicyclic) bond motifs is 1. The number of aromatic nitrogens is 1. The Morgan fingerprint density at radius 2 is 2.07 bits per heavy atom. The Balaban J connectivity index is 1.60. The minimum atomic E-state index is -0.225. The number of benzene rings is 1. The first-order chi connectivity index (χ1) is 14.5. The summed E-state index contributed by atoms with van der Waals surface area (Å²) in [5, 5.41) is 7.88. The average molecular weight is 443 g/mol. The van der Waals surface area contributed by atoms with Gasteiger partial charge in [-0.15, -0.1) is 11.3 Å². The molecular weight excluding hydrogens is 416 g/mol. The van der Waals surface area contributed by atoms with E-state index < -0.39 is 0 Å². The van der Waals surface area contributed by atoms with Crippen molar-refractivity contribution in [2.75, 3.05) is 18.4 Å². The van der Waals surface area contributed by atoms with Crippen LogP contribution in [0.15, 0.2) is 42.7 Å². The molecule has 1 aromatic carbocycles. The molecule has 0 spiro atoms. The fourth-order valence-electron chi connectivity index (χ4n) is 4.00. The Labute approximate surface area is 186 Å². The summed E-state index contributed by atoms with van der Waals surface area (Å²) in [7, 11) is 0. The van der Waals surface area contributed by atoms with Crippen molar-refractivity contribution in [2.45, 2.75) is 39.8 Å². The van der Waals surface area contributed by atoms with Gasteiger partial charge in [0.1, 0.15) is 5.00 Å². The summed E-state index contributed by atoms with van der Waals surface area (Å²) in [5.74, 6) is 0. The molecule has 7 heteroatoms. The maximum Gasteiger partial charge on any atom is 0.319 e. The molecule has 1 atom stereocenters. The van der Waals surface area contributed by atoms with E-state index in [1.807, 2.05) is 42.5 Å². The molecule has 0 saturated heterocycles. The normalized spacial score (nSPS) is 14.9. The van der Waals surface area contributed by atoms with E-state index in [1.165, 1.54) is 21.0 Å². The second kappa shape index (κ2) is 8.84. The van der Waals surface area contributed by atoms with Crippen LogP contribution in [0.2, 0.25) is 5.02 Å². The average Bonchev–Trinajstić information content (AvgIpc) is 3.37. The molecule has 0 aliphatic carbocycles. The highest BCUT2D eigenvalue weighted by molar-refractivity contribution is 7.15. The first-order valence-corrected chi connectivity index (χ1v) is 11.5. The zero-order valence-corrected chi connectivity index (χ0v) is 19.1. The fourth-order valence-corrected chi connectivity index (χ4v) is 5.63. The van der Waals surface area contributed by atoms with Crippen LogP contribution < -0.4 is 10.6 Å². The molecule has 158 valence electrons. The van der Waals surface area contributed by atoms with Crippen molar-refractivity contribution >= 4 is 34.7 Å². The number of likely N-dealkylation sites (N-methyl/N-ethyl adjacent to an activating group) is 1. The van der Waals surface area contributed by atoms with Crippen LogP contribution in [0.1, 0.15) is 41.5 Å². The van der Waals surface area contributed by atoms with Gasteiger partial charge in [0.15, 0.2) is 0 Å². The third-order valence-corrected chi connectivity index (χ3v) is 7.15. The van der Waals surface area contributed by atoms with Crippen LogP contribution >= 0.6 is 22.9 Å². The molecule has 3 aromatic rings. The quantitative estimate of drug-likeness (QED) is 0.527. The summed E-state index contributed by atoms with van der Waals surface area (Å²) >= 11 is 7.93. The molecule has 0 radical (unpaired) electrons. The molecule has 5 nitrogen and oxygen atoms in total. The molecule has 2 amide bonds. The maximum absolute atomic E-state index is 12.8. The second-order valence-corrected chi connectivity index (χ2v) is 9.23. The summed E-state index contributed by atoms with van der Waals surface area (Å²) in [6, 6.07) is 9.23. The lowest BCUT2D eigenvalue weighted by molar-refractivity contribution is 0.249. The largest absolute Gasteiger partial charge is 0.331 e. The van der Waals surface area contributed by atoms with E-state index in [4.69, 9.17) is 11.6 Å². The maximum atomic E-state index is 12.8. The first kappa shape index (κ1) is 21.0. The molecule has 0 bridgehead atoms. The Bertz CT molecular complexity index is 1040. The molecule has 1 aliphatic heterocycles. The highest BCUT2D eigenvalue weighted by Gasteiger charge is 2.28. The highest BCUT2D eigenvalue weighted by Crippen LogP contribution is 2.39. The molecule has 3 heterocycles. The van der Waals surface area contributed by atoms with Crippen molar-refractivity contribution in [1.29, 1.82) is 0 Å². The Hall–Kier alpha value is -2.28. The fraction of sp³-hybridized carbons (Fsp3) is 0.348. The van der Waals surface area contributed by atoms with E-state index in [9.17, 15) is 4.79 Å². The summed E-state index contributed by atoms with van der Waals surface area (Å²) in [6.07, 6.45) is 5.15. The lowest BCUT2D eigenvalue weighted by Gasteiger charge is -2.26. The highest BCUT2D eigenvalue weighted by atomic mass is 35.5. The van der Waals surface area contributed by atoms with Gasteiger partial charge in [-0.3, -0.25) is 4.90 Å². The summed E-state index contributed by atoms with van der Waals surface area (Å²) in [5.41, 5.74) is 4.31. The topological polar surface area (TPSA) is 49.3 Å². The van der Waals surface area contributed by atoms with Crippen molar-refractivity contribution < 1.29 is 4.79 Å². The van der Waals surface area contributed by atoms with Crippen molar-refractivity contribution in [3.05, 3.63) is 69.3 Å². The molecule has 0 fully saturated rings. The molecule has 0 saturated carbocycles. The third-order valence-electron chi connectivity index (χ3n) is 5.67. The van der Waals surface area contributed by atoms with Gasteiger partial charge in [-0.1, -0.05) is 24.6 Å². The third kappa shape index (κ3) is 4.26. The predicted octanol–water partition coefficient (Wildman–Crippen LogP) is 5.76. The number of thiophene rings is 1. The number of nitrogens with zero attached hydrogens (tertiary/aromatic N) is 2. The van der Waals surface area contributed by atoms with Crippen molar-refractivity contribution in [3.8, 4) is 5.00 Å². The van der Waals surface area contributed by atoms with E-state index in [2.05, 4.69) is 46.3 Å². The number of rotatable bonds is 5. The lowest BCUT2D eigenvalue weighted by atomic mass is 9.98. The number of aryl methyl sites for hydroxylation is 1. The number of hydrogen-bond acceptors (Lipinski definition) is 3. The summed E-state index contributed by atoms with van der Waals surface area (Å²) < 4.78 is 2.16. The minimum Gasteiger partial charge on any atom is -0.331 e. The molecule has 2 aromatic heterocycles. The molecule has 30 heavy (non-hydrogen) atoms. The number of hydrogen-bond donors (Lipinski definition) is 2. The van der Waals surface area contributed by atoms with E-state index in [-0.39, 0.29) is 12.1 Å². The molecule has 4 rings (SSSR count). The van der Waals surface area contributed by atoms with Gasteiger partial charge < -0.3 is 15.2 Å². The Morgan fingerprint density at radius 1 is 1.30 bits per heavy atom. The van der Waals surface area contributed by atoms with Crippen LogP contribution in [0, 0.1) is 6.92 Å². The van der Waals surface area contributed by atoms with E-state index in [0.717, 1.165) is 37.3 Å². The molecular formula is C23H27ClN4OS. The molecule has 1 aliphatic rings. The molecule has 2 N–H and O–H groups in total. The smallest absolute Gasteiger partial charge is 0.319 e. The van der Waals surface area contributed by atoms with Gasteiger partial charge in [-0.25, -0.2) is 4.79 Å². The van der Waals surface area contributed by atoms with Crippen LogP contribution in [0.4, 0.5) is 10.5 Å². The monoisotopic (exact) mass is 442 g/mol. The zero-order chi connectivity index (χ0) is 21.3. The van der Waals surface area contributed by atoms with Crippen molar-refractivity contribution in [2.24, 2.45) is 0 Å². The van der Waals surface area contributed by atoms with Crippen molar-refractivity contribution in [1.82, 2.24) is 14.8 Å². The number of nitrogens with one attached hydrogen (secondary N) is 2. The van der Waals surface area contributed by atoms with E-state index in [1.54, 1.807) is 6.07 Å². The second-order valence-electron chi connectivity index (χ2n) is 7.71. The SMILES string of the molecule is CCN1CCc2c(sc(-n3cccc3)c2[C@@H](C)NC(=O)Nc2cc(Cl)ccc2C)C1. The van der Waals surface area contributed by atoms with Crippen LogP contribution in [-0.2, 0) is 13.0 Å². The van der Waals surface area contributed by atoms with Crippen LogP contribution in [0.25, 0.3) is 5.00 Å². The Morgan fingerprint density at radius 3 is 2.80 bits per heavy atom. The standard InChI is InChI=1S/C23H27ClN4OS/c1-4-27-12-9-18-20(14-27)30-22(28-10-5-6-11-28)21(18)16(3)25-23(29)26-19-13-17(24)8-7-15(19)2/h5-8,10-11,13,16H,4,9,12,14H2,1-3H3,(H2,25,26,29)/t16-/m1/s1. The van der Waals surface area contributed by atoms with Crippen LogP contribution in [0.3, 0.4) is 0 Å². The van der Waals surface area contributed by atoms with Crippen molar-refractivity contribution in [3.63, 3.8) is 0 Å². The number of urea groups is 1. The van der Waals surface area contributed by atoms with Gasteiger partial charge in [0.25, 0.3) is 0 Å². The van der Waals surface area contributed by atoms with Gasteiger partial charge in [-0.2, -0.15) is 0 Å². The van der Waals surface area contributed by atoms with Gasteiger partial charge in [0.05, 0.1) is 6.04 Å². The lowest BCUT2D eigenvalue weighted by Crippen LogP contribution is -2.33. The van der Waals surface area contributed by atoms with E-state index >= 15 is 0 Å². The number of amides is 2. The van der Waals surface area contributed by atoms with Crippen LogP contribution in [-0.4, -0.2) is 28.6 Å². The van der Waals surface area contributed by atoms with Crippen LogP contribution in [0.5, 0.6) is 0 Å².